The third-order valence-corrected chi connectivity index (χ3v) is 7.84. The first kappa shape index (κ1) is 9.78. The Kier molecular flexibility index (Phi) is 1.93. The standard InChI is InChI=1S/C12H18BrNS/c13-11-5-8-3-9(6-11)12(10(4-8)7-11)14-1-2-15-12/h8-10,14H,1-7H2. The van der Waals surface area contributed by atoms with Gasteiger partial charge in [-0.05, 0) is 49.9 Å². The predicted octanol–water partition coefficient (Wildman–Crippen LogP) is 2.99. The van der Waals surface area contributed by atoms with Crippen LogP contribution in [0.3, 0.4) is 0 Å². The van der Waals surface area contributed by atoms with Crippen LogP contribution in [0.25, 0.3) is 0 Å². The van der Waals surface area contributed by atoms with E-state index in [0.29, 0.717) is 9.20 Å². The van der Waals surface area contributed by atoms with Crippen molar-refractivity contribution in [2.24, 2.45) is 17.8 Å². The Morgan fingerprint density at radius 3 is 2.40 bits per heavy atom. The fourth-order valence-corrected chi connectivity index (χ4v) is 7.73. The summed E-state index contributed by atoms with van der Waals surface area (Å²) in [5.41, 5.74) is 0. The van der Waals surface area contributed by atoms with Crippen LogP contribution in [0.1, 0.15) is 32.1 Å². The molecule has 1 spiro atoms. The number of alkyl halides is 1. The summed E-state index contributed by atoms with van der Waals surface area (Å²) in [7, 11) is 0. The van der Waals surface area contributed by atoms with E-state index in [9.17, 15) is 0 Å². The van der Waals surface area contributed by atoms with E-state index >= 15 is 0 Å². The van der Waals surface area contributed by atoms with Crippen molar-refractivity contribution in [1.29, 1.82) is 0 Å². The van der Waals surface area contributed by atoms with Crippen molar-refractivity contribution < 1.29 is 0 Å². The molecule has 0 amide bonds. The number of thioether (sulfide) groups is 1. The third-order valence-electron chi connectivity index (χ3n) is 5.17. The van der Waals surface area contributed by atoms with Crippen molar-refractivity contribution >= 4 is 27.7 Å². The molecule has 0 aromatic heterocycles. The molecule has 1 N–H and O–H groups in total. The van der Waals surface area contributed by atoms with Crippen LogP contribution >= 0.6 is 27.7 Å². The summed E-state index contributed by atoms with van der Waals surface area (Å²) in [5.74, 6) is 4.29. The first-order valence-corrected chi connectivity index (χ1v) is 8.06. The first-order valence-electron chi connectivity index (χ1n) is 6.28. The Morgan fingerprint density at radius 2 is 1.87 bits per heavy atom. The molecular weight excluding hydrogens is 270 g/mol. The molecule has 1 nitrogen and oxygen atoms in total. The normalized spacial score (nSPS) is 61.8. The van der Waals surface area contributed by atoms with Gasteiger partial charge in [-0.15, -0.1) is 11.8 Å². The highest BCUT2D eigenvalue weighted by molar-refractivity contribution is 9.10. The zero-order chi connectivity index (χ0) is 10.1. The Bertz CT molecular complexity index is 282. The molecule has 5 fully saturated rings. The van der Waals surface area contributed by atoms with E-state index in [-0.39, 0.29) is 0 Å². The van der Waals surface area contributed by atoms with Crippen molar-refractivity contribution in [2.75, 3.05) is 12.3 Å². The molecule has 0 radical (unpaired) electrons. The SMILES string of the molecule is BrC12CC3CC(C1)C1(NCCS1)C(C3)C2. The van der Waals surface area contributed by atoms with Gasteiger partial charge in [0.2, 0.25) is 0 Å². The lowest BCUT2D eigenvalue weighted by molar-refractivity contribution is -0.00811. The van der Waals surface area contributed by atoms with Gasteiger partial charge in [-0.2, -0.15) is 0 Å². The molecule has 0 aromatic carbocycles. The summed E-state index contributed by atoms with van der Waals surface area (Å²) < 4.78 is 0.541. The van der Waals surface area contributed by atoms with E-state index in [1.54, 1.807) is 0 Å². The van der Waals surface area contributed by atoms with Crippen molar-refractivity contribution in [2.45, 2.75) is 41.3 Å². The molecule has 0 aromatic rings. The number of halogens is 1. The summed E-state index contributed by atoms with van der Waals surface area (Å²) in [6.45, 7) is 1.25. The molecule has 2 atom stereocenters. The molecule has 5 aliphatic rings. The second kappa shape index (κ2) is 2.97. The molecule has 15 heavy (non-hydrogen) atoms. The van der Waals surface area contributed by atoms with Gasteiger partial charge >= 0.3 is 0 Å². The molecule has 4 aliphatic carbocycles. The molecule has 5 rings (SSSR count). The fourth-order valence-electron chi connectivity index (χ4n) is 4.91. The lowest BCUT2D eigenvalue weighted by Crippen LogP contribution is -2.64. The van der Waals surface area contributed by atoms with Crippen LogP contribution in [0, 0.1) is 17.8 Å². The van der Waals surface area contributed by atoms with Gasteiger partial charge in [0.1, 0.15) is 0 Å². The maximum Gasteiger partial charge on any atom is 0.0704 e. The van der Waals surface area contributed by atoms with Crippen LogP contribution in [-0.2, 0) is 0 Å². The molecule has 1 saturated heterocycles. The van der Waals surface area contributed by atoms with E-state index in [1.165, 1.54) is 44.4 Å². The quantitative estimate of drug-likeness (QED) is 0.688. The summed E-state index contributed by atoms with van der Waals surface area (Å²) in [5, 5.41) is 3.87. The third kappa shape index (κ3) is 1.21. The number of rotatable bonds is 0. The van der Waals surface area contributed by atoms with Crippen LogP contribution in [0.5, 0.6) is 0 Å². The molecule has 4 bridgehead atoms. The Hall–Kier alpha value is 0.790. The van der Waals surface area contributed by atoms with E-state index in [0.717, 1.165) is 17.8 Å². The molecule has 2 unspecified atom stereocenters. The maximum absolute atomic E-state index is 4.05. The summed E-state index contributed by atoms with van der Waals surface area (Å²) in [4.78, 5) is 0.508. The highest BCUT2D eigenvalue weighted by atomic mass is 79.9. The van der Waals surface area contributed by atoms with Crippen LogP contribution in [0.15, 0.2) is 0 Å². The Labute approximate surface area is 104 Å². The smallest absolute Gasteiger partial charge is 0.0704 e. The highest BCUT2D eigenvalue weighted by Crippen LogP contribution is 2.66. The van der Waals surface area contributed by atoms with Crippen LogP contribution in [0.4, 0.5) is 0 Å². The zero-order valence-corrected chi connectivity index (χ0v) is 11.4. The average Bonchev–Trinajstić information content (AvgIpc) is 2.61. The van der Waals surface area contributed by atoms with Gasteiger partial charge in [0.05, 0.1) is 4.87 Å². The van der Waals surface area contributed by atoms with Crippen LogP contribution in [0.2, 0.25) is 0 Å². The molecule has 84 valence electrons. The topological polar surface area (TPSA) is 12.0 Å². The predicted molar refractivity (Wildman–Crippen MR) is 68.4 cm³/mol. The summed E-state index contributed by atoms with van der Waals surface area (Å²) >= 11 is 6.30. The van der Waals surface area contributed by atoms with Crippen LogP contribution < -0.4 is 5.32 Å². The van der Waals surface area contributed by atoms with Crippen molar-refractivity contribution in [1.82, 2.24) is 5.32 Å². The first-order chi connectivity index (χ1) is 7.20. The molecule has 4 saturated carbocycles. The second-order valence-electron chi connectivity index (χ2n) is 6.06. The number of nitrogens with one attached hydrogen (secondary N) is 1. The minimum absolute atomic E-state index is 0.508. The van der Waals surface area contributed by atoms with Gasteiger partial charge < -0.3 is 5.32 Å². The van der Waals surface area contributed by atoms with E-state index in [2.05, 4.69) is 33.0 Å². The Balaban J connectivity index is 1.75. The van der Waals surface area contributed by atoms with Crippen molar-refractivity contribution in [3.8, 4) is 0 Å². The summed E-state index contributed by atoms with van der Waals surface area (Å²) in [6, 6.07) is 0. The lowest BCUT2D eigenvalue weighted by atomic mass is 9.53. The maximum atomic E-state index is 4.05. The van der Waals surface area contributed by atoms with Gasteiger partial charge in [0, 0.05) is 16.6 Å². The van der Waals surface area contributed by atoms with Crippen molar-refractivity contribution in [3.05, 3.63) is 0 Å². The monoisotopic (exact) mass is 287 g/mol. The van der Waals surface area contributed by atoms with Crippen molar-refractivity contribution in [3.63, 3.8) is 0 Å². The van der Waals surface area contributed by atoms with E-state index in [4.69, 9.17) is 0 Å². The Morgan fingerprint density at radius 1 is 1.13 bits per heavy atom. The van der Waals surface area contributed by atoms with Gasteiger partial charge in [0.15, 0.2) is 0 Å². The molecule has 3 heteroatoms. The minimum atomic E-state index is 0.508. The molecular formula is C12H18BrNS. The van der Waals surface area contributed by atoms with Gasteiger partial charge in [-0.25, -0.2) is 0 Å². The fraction of sp³-hybridized carbons (Fsp3) is 1.00. The van der Waals surface area contributed by atoms with Gasteiger partial charge in [-0.1, -0.05) is 15.9 Å². The van der Waals surface area contributed by atoms with E-state index in [1.807, 2.05) is 0 Å². The zero-order valence-electron chi connectivity index (χ0n) is 8.97. The minimum Gasteiger partial charge on any atom is -0.302 e. The highest BCUT2D eigenvalue weighted by Gasteiger charge is 2.62. The average molecular weight is 288 g/mol. The van der Waals surface area contributed by atoms with Gasteiger partial charge in [0.25, 0.3) is 0 Å². The molecule has 1 aliphatic heterocycles. The molecule has 1 heterocycles. The largest absolute Gasteiger partial charge is 0.302 e. The summed E-state index contributed by atoms with van der Waals surface area (Å²) in [6.07, 6.45) is 7.33. The number of hydrogen-bond donors (Lipinski definition) is 1. The second-order valence-corrected chi connectivity index (χ2v) is 9.12. The lowest BCUT2D eigenvalue weighted by Gasteiger charge is -2.62. The van der Waals surface area contributed by atoms with E-state index < -0.39 is 0 Å². The number of hydrogen-bond acceptors (Lipinski definition) is 2. The van der Waals surface area contributed by atoms with Gasteiger partial charge in [-0.3, -0.25) is 0 Å². The van der Waals surface area contributed by atoms with Crippen LogP contribution in [-0.4, -0.2) is 21.5 Å².